The molecule has 1 rings (SSSR count). The van der Waals surface area contributed by atoms with Gasteiger partial charge in [-0.3, -0.25) is 0 Å². The van der Waals surface area contributed by atoms with Gasteiger partial charge in [0.05, 0.1) is 0 Å². The Morgan fingerprint density at radius 3 is 2.58 bits per heavy atom. The molecule has 0 radical (unpaired) electrons. The summed E-state index contributed by atoms with van der Waals surface area (Å²) in [5, 5.41) is 4.16. The molecule has 1 nitrogen and oxygen atoms in total. The number of hydrogen-bond donors (Lipinski definition) is 1. The number of rotatable bonds is 3. The van der Waals surface area contributed by atoms with Gasteiger partial charge in [0.25, 0.3) is 0 Å². The zero-order valence-corrected chi connectivity index (χ0v) is 8.23. The highest BCUT2D eigenvalue weighted by molar-refractivity contribution is 6.31. The van der Waals surface area contributed by atoms with E-state index in [1.807, 2.05) is 24.3 Å². The Morgan fingerprint density at radius 1 is 1.33 bits per heavy atom. The van der Waals surface area contributed by atoms with Crippen LogP contribution in [0.4, 0.5) is 0 Å². The van der Waals surface area contributed by atoms with E-state index in [0.29, 0.717) is 6.04 Å². The van der Waals surface area contributed by atoms with E-state index in [2.05, 4.69) is 19.2 Å². The molecule has 1 aromatic carbocycles. The van der Waals surface area contributed by atoms with Gasteiger partial charge in [-0.1, -0.05) is 43.6 Å². The van der Waals surface area contributed by atoms with E-state index in [1.165, 1.54) is 0 Å². The first-order valence-corrected chi connectivity index (χ1v) is 4.54. The van der Waals surface area contributed by atoms with Crippen molar-refractivity contribution in [3.05, 3.63) is 34.9 Å². The van der Waals surface area contributed by atoms with Gasteiger partial charge in [-0.25, -0.2) is 0 Å². The minimum absolute atomic E-state index is 0.501. The van der Waals surface area contributed by atoms with Crippen LogP contribution in [0.15, 0.2) is 24.3 Å². The van der Waals surface area contributed by atoms with Crippen molar-refractivity contribution in [1.82, 2.24) is 5.32 Å². The van der Waals surface area contributed by atoms with Crippen molar-refractivity contribution in [3.63, 3.8) is 0 Å². The van der Waals surface area contributed by atoms with Gasteiger partial charge in [0.15, 0.2) is 0 Å². The predicted molar refractivity (Wildman–Crippen MR) is 53.4 cm³/mol. The first-order valence-electron chi connectivity index (χ1n) is 4.17. The SMILES string of the molecule is CC(C)NCc1ccccc1Cl. The Bertz CT molecular complexity index is 245. The first-order chi connectivity index (χ1) is 5.70. The van der Waals surface area contributed by atoms with Gasteiger partial charge in [0.2, 0.25) is 0 Å². The van der Waals surface area contributed by atoms with E-state index in [0.717, 1.165) is 17.1 Å². The molecule has 0 aliphatic heterocycles. The molecular formula is C10H14ClN. The molecule has 0 atom stereocenters. The molecule has 0 fully saturated rings. The number of nitrogens with one attached hydrogen (secondary N) is 1. The average molecular weight is 184 g/mol. The van der Waals surface area contributed by atoms with E-state index in [-0.39, 0.29) is 0 Å². The van der Waals surface area contributed by atoms with Crippen molar-refractivity contribution in [2.75, 3.05) is 0 Å². The molecule has 0 bridgehead atoms. The van der Waals surface area contributed by atoms with Gasteiger partial charge < -0.3 is 5.32 Å². The van der Waals surface area contributed by atoms with Crippen LogP contribution in [0.2, 0.25) is 5.02 Å². The molecule has 0 saturated heterocycles. The largest absolute Gasteiger partial charge is 0.310 e. The lowest BCUT2D eigenvalue weighted by Gasteiger charge is -2.08. The second kappa shape index (κ2) is 4.48. The van der Waals surface area contributed by atoms with Crippen LogP contribution in [0, 0.1) is 0 Å². The van der Waals surface area contributed by atoms with E-state index < -0.39 is 0 Å². The summed E-state index contributed by atoms with van der Waals surface area (Å²) in [6, 6.07) is 8.40. The minimum atomic E-state index is 0.501. The summed E-state index contributed by atoms with van der Waals surface area (Å²) in [7, 11) is 0. The maximum atomic E-state index is 5.97. The third kappa shape index (κ3) is 2.84. The summed E-state index contributed by atoms with van der Waals surface area (Å²) >= 11 is 5.97. The molecular weight excluding hydrogens is 170 g/mol. The molecule has 12 heavy (non-hydrogen) atoms. The molecule has 0 aliphatic rings. The van der Waals surface area contributed by atoms with Gasteiger partial charge in [0.1, 0.15) is 0 Å². The van der Waals surface area contributed by atoms with Crippen molar-refractivity contribution in [2.24, 2.45) is 0 Å². The zero-order chi connectivity index (χ0) is 8.97. The highest BCUT2D eigenvalue weighted by Crippen LogP contribution is 2.14. The summed E-state index contributed by atoms with van der Waals surface area (Å²) in [6.07, 6.45) is 0. The van der Waals surface area contributed by atoms with E-state index >= 15 is 0 Å². The fraction of sp³-hybridized carbons (Fsp3) is 0.400. The number of benzene rings is 1. The van der Waals surface area contributed by atoms with E-state index in [9.17, 15) is 0 Å². The Kier molecular flexibility index (Phi) is 3.57. The second-order valence-electron chi connectivity index (χ2n) is 3.13. The predicted octanol–water partition coefficient (Wildman–Crippen LogP) is 2.84. The second-order valence-corrected chi connectivity index (χ2v) is 3.53. The quantitative estimate of drug-likeness (QED) is 0.760. The van der Waals surface area contributed by atoms with Gasteiger partial charge >= 0.3 is 0 Å². The van der Waals surface area contributed by atoms with Crippen LogP contribution in [0.1, 0.15) is 19.4 Å². The van der Waals surface area contributed by atoms with Crippen LogP contribution in [-0.4, -0.2) is 6.04 Å². The topological polar surface area (TPSA) is 12.0 Å². The number of hydrogen-bond acceptors (Lipinski definition) is 1. The van der Waals surface area contributed by atoms with Crippen molar-refractivity contribution < 1.29 is 0 Å². The fourth-order valence-corrected chi connectivity index (χ4v) is 1.16. The lowest BCUT2D eigenvalue weighted by molar-refractivity contribution is 0.589. The molecule has 2 heteroatoms. The Labute approximate surface area is 78.7 Å². The number of halogens is 1. The van der Waals surface area contributed by atoms with Crippen LogP contribution >= 0.6 is 11.6 Å². The van der Waals surface area contributed by atoms with Crippen LogP contribution in [0.25, 0.3) is 0 Å². The zero-order valence-electron chi connectivity index (χ0n) is 7.47. The standard InChI is InChI=1S/C10H14ClN/c1-8(2)12-7-9-5-3-4-6-10(9)11/h3-6,8,12H,7H2,1-2H3. The Hall–Kier alpha value is -0.530. The summed E-state index contributed by atoms with van der Waals surface area (Å²) in [6.45, 7) is 5.09. The molecule has 1 N–H and O–H groups in total. The van der Waals surface area contributed by atoms with Gasteiger partial charge in [-0.15, -0.1) is 0 Å². The van der Waals surface area contributed by atoms with Crippen LogP contribution in [0.3, 0.4) is 0 Å². The molecule has 0 aliphatic carbocycles. The summed E-state index contributed by atoms with van der Waals surface area (Å²) in [5.41, 5.74) is 1.16. The van der Waals surface area contributed by atoms with Gasteiger partial charge in [-0.05, 0) is 11.6 Å². The summed E-state index contributed by atoms with van der Waals surface area (Å²) < 4.78 is 0. The van der Waals surface area contributed by atoms with Crippen LogP contribution in [0.5, 0.6) is 0 Å². The maximum Gasteiger partial charge on any atom is 0.0450 e. The molecule has 0 aromatic heterocycles. The molecule has 0 unspecified atom stereocenters. The molecule has 0 heterocycles. The maximum absolute atomic E-state index is 5.97. The fourth-order valence-electron chi connectivity index (χ4n) is 0.956. The molecule has 1 aromatic rings. The molecule has 0 spiro atoms. The highest BCUT2D eigenvalue weighted by atomic mass is 35.5. The first kappa shape index (κ1) is 9.56. The lowest BCUT2D eigenvalue weighted by Crippen LogP contribution is -2.21. The van der Waals surface area contributed by atoms with Crippen molar-refractivity contribution >= 4 is 11.6 Å². The summed E-state index contributed by atoms with van der Waals surface area (Å²) in [5.74, 6) is 0. The van der Waals surface area contributed by atoms with Gasteiger partial charge in [0, 0.05) is 17.6 Å². The lowest BCUT2D eigenvalue weighted by atomic mass is 10.2. The molecule has 66 valence electrons. The van der Waals surface area contributed by atoms with E-state index in [4.69, 9.17) is 11.6 Å². The Morgan fingerprint density at radius 2 is 2.00 bits per heavy atom. The van der Waals surface area contributed by atoms with Crippen molar-refractivity contribution in [2.45, 2.75) is 26.4 Å². The monoisotopic (exact) mass is 183 g/mol. The average Bonchev–Trinajstić information content (AvgIpc) is 2.03. The van der Waals surface area contributed by atoms with Crippen LogP contribution in [-0.2, 0) is 6.54 Å². The molecule has 0 saturated carbocycles. The molecule has 0 amide bonds. The third-order valence-corrected chi connectivity index (χ3v) is 2.03. The van der Waals surface area contributed by atoms with E-state index in [1.54, 1.807) is 0 Å². The van der Waals surface area contributed by atoms with Crippen LogP contribution < -0.4 is 5.32 Å². The smallest absolute Gasteiger partial charge is 0.0450 e. The van der Waals surface area contributed by atoms with Crippen molar-refractivity contribution in [1.29, 1.82) is 0 Å². The Balaban J connectivity index is 2.57. The van der Waals surface area contributed by atoms with Crippen molar-refractivity contribution in [3.8, 4) is 0 Å². The van der Waals surface area contributed by atoms with Gasteiger partial charge in [-0.2, -0.15) is 0 Å². The highest BCUT2D eigenvalue weighted by Gasteiger charge is 1.98. The summed E-state index contributed by atoms with van der Waals surface area (Å²) in [4.78, 5) is 0. The minimum Gasteiger partial charge on any atom is -0.310 e. The third-order valence-electron chi connectivity index (χ3n) is 1.66. The normalized spacial score (nSPS) is 10.7.